The number of nitriles is 1. The van der Waals surface area contributed by atoms with Crippen LogP contribution >= 0.6 is 11.6 Å². The molecule has 1 unspecified atom stereocenters. The molecular formula is C20H20ClN3O2. The molecular weight excluding hydrogens is 350 g/mol. The molecule has 0 aromatic heterocycles. The van der Waals surface area contributed by atoms with Crippen LogP contribution in [0.3, 0.4) is 0 Å². The van der Waals surface area contributed by atoms with Gasteiger partial charge in [0.1, 0.15) is 0 Å². The molecule has 0 aliphatic heterocycles. The topological polar surface area (TPSA) is 99.1 Å². The summed E-state index contributed by atoms with van der Waals surface area (Å²) in [5.41, 5.74) is 6.81. The maximum absolute atomic E-state index is 12.7. The van der Waals surface area contributed by atoms with Gasteiger partial charge < -0.3 is 16.2 Å². The first-order chi connectivity index (χ1) is 12.4. The zero-order valence-electron chi connectivity index (χ0n) is 14.2. The number of hydrogen-bond donors (Lipinski definition) is 3. The lowest BCUT2D eigenvalue weighted by molar-refractivity contribution is -0.140. The molecule has 1 fully saturated rings. The number of aliphatic hydroxyl groups is 1. The van der Waals surface area contributed by atoms with Crippen molar-refractivity contribution in [2.45, 2.75) is 24.5 Å². The van der Waals surface area contributed by atoms with E-state index in [0.717, 1.165) is 11.1 Å². The van der Waals surface area contributed by atoms with Crippen LogP contribution in [0, 0.1) is 17.2 Å². The van der Waals surface area contributed by atoms with Crippen LogP contribution in [-0.2, 0) is 4.79 Å². The predicted molar refractivity (Wildman–Crippen MR) is 99.3 cm³/mol. The Hall–Kier alpha value is -2.39. The lowest BCUT2D eigenvalue weighted by Crippen LogP contribution is -2.54. The Morgan fingerprint density at radius 3 is 2.62 bits per heavy atom. The number of carbonyl (C=O) groups is 1. The van der Waals surface area contributed by atoms with Crippen molar-refractivity contribution in [3.8, 4) is 6.07 Å². The highest BCUT2D eigenvalue weighted by Gasteiger charge is 2.45. The predicted octanol–water partition coefficient (Wildman–Crippen LogP) is 2.52. The smallest absolute Gasteiger partial charge is 0.224 e. The first-order valence-electron chi connectivity index (χ1n) is 8.42. The summed E-state index contributed by atoms with van der Waals surface area (Å²) in [7, 11) is 0. The average molecular weight is 370 g/mol. The van der Waals surface area contributed by atoms with Crippen LogP contribution in [0.25, 0.3) is 0 Å². The first kappa shape index (κ1) is 18.4. The molecule has 1 amide bonds. The van der Waals surface area contributed by atoms with Crippen molar-refractivity contribution in [1.29, 1.82) is 5.26 Å². The van der Waals surface area contributed by atoms with E-state index in [4.69, 9.17) is 22.6 Å². The van der Waals surface area contributed by atoms with Crippen molar-refractivity contribution in [3.05, 3.63) is 70.2 Å². The zero-order chi connectivity index (χ0) is 18.7. The summed E-state index contributed by atoms with van der Waals surface area (Å²) in [5, 5.41) is 22.9. The number of nitrogens with one attached hydrogen (secondary N) is 1. The minimum Gasteiger partial charge on any atom is -0.389 e. The molecule has 26 heavy (non-hydrogen) atoms. The molecule has 3 rings (SSSR count). The number of benzene rings is 2. The van der Waals surface area contributed by atoms with Gasteiger partial charge in [0.15, 0.2) is 0 Å². The maximum atomic E-state index is 12.7. The molecule has 6 heteroatoms. The van der Waals surface area contributed by atoms with Crippen molar-refractivity contribution in [2.24, 2.45) is 11.7 Å². The number of halogens is 1. The molecule has 0 radical (unpaired) electrons. The van der Waals surface area contributed by atoms with E-state index in [-0.39, 0.29) is 18.4 Å². The zero-order valence-corrected chi connectivity index (χ0v) is 14.9. The van der Waals surface area contributed by atoms with E-state index in [0.29, 0.717) is 23.4 Å². The van der Waals surface area contributed by atoms with Gasteiger partial charge in [-0.05, 0) is 48.2 Å². The van der Waals surface area contributed by atoms with Crippen molar-refractivity contribution in [1.82, 2.24) is 5.32 Å². The molecule has 1 aliphatic carbocycles. The fraction of sp³-hybridized carbons (Fsp3) is 0.300. The molecule has 1 atom stereocenters. The number of carbonyl (C=O) groups excluding carboxylic acids is 1. The van der Waals surface area contributed by atoms with Gasteiger partial charge in [-0.25, -0.2) is 0 Å². The quantitative estimate of drug-likeness (QED) is 0.754. The Balaban J connectivity index is 1.85. The second-order valence-corrected chi connectivity index (χ2v) is 7.20. The largest absolute Gasteiger partial charge is 0.389 e. The minimum absolute atomic E-state index is 0.134. The normalized spacial score (nSPS) is 22.8. The number of hydrogen-bond acceptors (Lipinski definition) is 4. The highest BCUT2D eigenvalue weighted by Crippen LogP contribution is 2.37. The molecule has 1 saturated carbocycles. The summed E-state index contributed by atoms with van der Waals surface area (Å²) >= 11 is 5.98. The van der Waals surface area contributed by atoms with Gasteiger partial charge in [0.05, 0.1) is 23.3 Å². The van der Waals surface area contributed by atoms with Crippen LogP contribution in [0.2, 0.25) is 5.02 Å². The molecule has 2 aromatic rings. The Kier molecular flexibility index (Phi) is 5.28. The van der Waals surface area contributed by atoms with Crippen LogP contribution in [0.5, 0.6) is 0 Å². The average Bonchev–Trinajstić information content (AvgIpc) is 2.64. The van der Waals surface area contributed by atoms with Gasteiger partial charge in [-0.3, -0.25) is 4.79 Å². The summed E-state index contributed by atoms with van der Waals surface area (Å²) < 4.78 is 0. The van der Waals surface area contributed by atoms with Gasteiger partial charge in [0, 0.05) is 17.5 Å². The van der Waals surface area contributed by atoms with E-state index in [1.54, 1.807) is 30.3 Å². The number of amides is 1. The van der Waals surface area contributed by atoms with E-state index < -0.39 is 11.6 Å². The number of rotatable bonds is 5. The SMILES string of the molecule is N#Cc1cccc(C(NC(=O)C2CC(O)(CN)C2)c2ccc(Cl)cc2)c1. The third kappa shape index (κ3) is 3.88. The third-order valence-corrected chi connectivity index (χ3v) is 5.09. The third-order valence-electron chi connectivity index (χ3n) is 4.84. The van der Waals surface area contributed by atoms with Crippen molar-refractivity contribution in [2.75, 3.05) is 6.54 Å². The van der Waals surface area contributed by atoms with Crippen LogP contribution in [0.15, 0.2) is 48.5 Å². The van der Waals surface area contributed by atoms with E-state index >= 15 is 0 Å². The van der Waals surface area contributed by atoms with E-state index in [1.807, 2.05) is 18.2 Å². The van der Waals surface area contributed by atoms with Crippen molar-refractivity contribution < 1.29 is 9.90 Å². The minimum atomic E-state index is -0.932. The molecule has 0 heterocycles. The molecule has 5 nitrogen and oxygen atoms in total. The van der Waals surface area contributed by atoms with Crippen LogP contribution in [-0.4, -0.2) is 23.2 Å². The first-order valence-corrected chi connectivity index (χ1v) is 8.80. The van der Waals surface area contributed by atoms with Crippen molar-refractivity contribution >= 4 is 17.5 Å². The van der Waals surface area contributed by atoms with E-state index in [9.17, 15) is 9.90 Å². The fourth-order valence-electron chi connectivity index (χ4n) is 3.27. The van der Waals surface area contributed by atoms with Gasteiger partial charge in [-0.1, -0.05) is 35.9 Å². The number of nitrogens with two attached hydrogens (primary N) is 1. The lowest BCUT2D eigenvalue weighted by atomic mass is 9.70. The Bertz CT molecular complexity index is 839. The molecule has 1 aliphatic rings. The summed E-state index contributed by atoms with van der Waals surface area (Å²) in [6, 6.07) is 16.1. The van der Waals surface area contributed by atoms with Gasteiger partial charge in [0.25, 0.3) is 0 Å². The Labute approximate surface area is 157 Å². The fourth-order valence-corrected chi connectivity index (χ4v) is 3.40. The van der Waals surface area contributed by atoms with Gasteiger partial charge in [0.2, 0.25) is 5.91 Å². The lowest BCUT2D eigenvalue weighted by Gasteiger charge is -2.42. The van der Waals surface area contributed by atoms with Gasteiger partial charge >= 0.3 is 0 Å². The summed E-state index contributed by atoms with van der Waals surface area (Å²) in [6.07, 6.45) is 0.724. The van der Waals surface area contributed by atoms with E-state index in [2.05, 4.69) is 11.4 Å². The molecule has 4 N–H and O–H groups in total. The summed E-state index contributed by atoms with van der Waals surface area (Å²) in [4.78, 5) is 12.7. The second kappa shape index (κ2) is 7.46. The van der Waals surface area contributed by atoms with E-state index in [1.165, 1.54) is 0 Å². The standard InChI is InChI=1S/C20H20ClN3O2/c21-17-6-4-14(5-7-17)18(15-3-1-2-13(8-15)11-22)24-19(25)16-9-20(26,10-16)12-23/h1-8,16,18,26H,9-10,12,23H2,(H,24,25). The molecule has 2 aromatic carbocycles. The highest BCUT2D eigenvalue weighted by molar-refractivity contribution is 6.30. The number of nitrogens with zero attached hydrogens (tertiary/aromatic N) is 1. The Morgan fingerprint density at radius 1 is 1.31 bits per heavy atom. The van der Waals surface area contributed by atoms with Gasteiger partial charge in [-0.2, -0.15) is 5.26 Å². The molecule has 0 spiro atoms. The molecule has 134 valence electrons. The van der Waals surface area contributed by atoms with Crippen molar-refractivity contribution in [3.63, 3.8) is 0 Å². The van der Waals surface area contributed by atoms with Crippen LogP contribution in [0.1, 0.15) is 35.6 Å². The maximum Gasteiger partial charge on any atom is 0.224 e. The van der Waals surface area contributed by atoms with Crippen LogP contribution in [0.4, 0.5) is 0 Å². The van der Waals surface area contributed by atoms with Gasteiger partial charge in [-0.15, -0.1) is 0 Å². The second-order valence-electron chi connectivity index (χ2n) is 6.76. The highest BCUT2D eigenvalue weighted by atomic mass is 35.5. The summed E-state index contributed by atoms with van der Waals surface area (Å²) in [6.45, 7) is 0.154. The van der Waals surface area contributed by atoms with Crippen LogP contribution < -0.4 is 11.1 Å². The monoisotopic (exact) mass is 369 g/mol. The summed E-state index contributed by atoms with van der Waals surface area (Å²) in [5.74, 6) is -0.400. The Morgan fingerprint density at radius 2 is 2.00 bits per heavy atom. The molecule has 0 bridgehead atoms. The molecule has 0 saturated heterocycles.